The van der Waals surface area contributed by atoms with E-state index in [0.29, 0.717) is 17.8 Å². The van der Waals surface area contributed by atoms with Gasteiger partial charge in [0.15, 0.2) is 6.61 Å². The highest BCUT2D eigenvalue weighted by molar-refractivity contribution is 5.88. The molecule has 1 aromatic carbocycles. The third-order valence-corrected chi connectivity index (χ3v) is 3.09. The Balaban J connectivity index is 1.77. The fourth-order valence-electron chi connectivity index (χ4n) is 1.98. The van der Waals surface area contributed by atoms with Crippen LogP contribution >= 0.6 is 0 Å². The number of nitrogens with one attached hydrogen (secondary N) is 3. The minimum atomic E-state index is -0.712. The molecule has 0 saturated heterocycles. The highest BCUT2D eigenvalue weighted by Gasteiger charge is 2.06. The Kier molecular flexibility index (Phi) is 6.84. The van der Waals surface area contributed by atoms with Gasteiger partial charge in [0.1, 0.15) is 11.6 Å². The molecule has 0 saturated carbocycles. The second-order valence-electron chi connectivity index (χ2n) is 5.21. The molecule has 0 fully saturated rings. The zero-order valence-corrected chi connectivity index (χ0v) is 14.0. The van der Waals surface area contributed by atoms with Crippen LogP contribution in [0.25, 0.3) is 0 Å². The largest absolute Gasteiger partial charge is 0.468 e. The Morgan fingerprint density at radius 1 is 1.12 bits per heavy atom. The number of halogens is 2. The van der Waals surface area contributed by atoms with Gasteiger partial charge in [-0.1, -0.05) is 0 Å². The lowest BCUT2D eigenvalue weighted by Crippen LogP contribution is -2.29. The zero-order chi connectivity index (χ0) is 18.9. The van der Waals surface area contributed by atoms with Crippen molar-refractivity contribution in [2.24, 2.45) is 0 Å². The molecule has 0 aliphatic carbocycles. The van der Waals surface area contributed by atoms with E-state index in [1.807, 2.05) is 0 Å². The molecule has 0 atom stereocenters. The maximum atomic E-state index is 13.1. The number of carbonyl (C=O) groups excluding carboxylic acids is 2. The first-order valence-corrected chi connectivity index (χ1v) is 7.81. The van der Waals surface area contributed by atoms with Crippen molar-refractivity contribution >= 4 is 17.6 Å². The Labute approximate surface area is 148 Å². The van der Waals surface area contributed by atoms with Crippen LogP contribution in [0, 0.1) is 11.6 Å². The van der Waals surface area contributed by atoms with Gasteiger partial charge >= 0.3 is 6.03 Å². The number of urea groups is 1. The van der Waals surface area contributed by atoms with Gasteiger partial charge in [0.25, 0.3) is 5.91 Å². The molecule has 9 heteroatoms. The van der Waals surface area contributed by atoms with Crippen LogP contribution in [0.4, 0.5) is 19.3 Å². The van der Waals surface area contributed by atoms with Crippen LogP contribution in [0.15, 0.2) is 36.5 Å². The molecular weight excluding hydrogens is 346 g/mol. The predicted octanol–water partition coefficient (Wildman–Crippen LogP) is 2.20. The van der Waals surface area contributed by atoms with Gasteiger partial charge in [0.05, 0.1) is 11.9 Å². The molecule has 0 bridgehead atoms. The number of pyridine rings is 1. The molecule has 7 nitrogen and oxygen atoms in total. The summed E-state index contributed by atoms with van der Waals surface area (Å²) in [5, 5.41) is 7.63. The van der Waals surface area contributed by atoms with Crippen LogP contribution in [0.5, 0.6) is 5.88 Å². The van der Waals surface area contributed by atoms with E-state index in [2.05, 4.69) is 20.9 Å². The van der Waals surface area contributed by atoms with Crippen molar-refractivity contribution in [1.82, 2.24) is 15.6 Å². The third kappa shape index (κ3) is 6.34. The molecule has 2 rings (SSSR count). The summed E-state index contributed by atoms with van der Waals surface area (Å²) in [7, 11) is 0. The molecule has 0 aliphatic rings. The fourth-order valence-corrected chi connectivity index (χ4v) is 1.98. The number of carbonyl (C=O) groups is 2. The lowest BCUT2D eigenvalue weighted by molar-refractivity contribution is -0.123. The summed E-state index contributed by atoms with van der Waals surface area (Å²) in [4.78, 5) is 27.1. The Morgan fingerprint density at radius 2 is 1.85 bits per heavy atom. The van der Waals surface area contributed by atoms with Gasteiger partial charge in [-0.05, 0) is 30.7 Å². The number of hydrogen-bond donors (Lipinski definition) is 3. The topological polar surface area (TPSA) is 92.4 Å². The van der Waals surface area contributed by atoms with E-state index < -0.39 is 17.5 Å². The molecule has 2 aromatic rings. The quantitative estimate of drug-likeness (QED) is 0.702. The summed E-state index contributed by atoms with van der Waals surface area (Å²) in [6.45, 7) is 1.95. The van der Waals surface area contributed by atoms with Crippen LogP contribution in [-0.4, -0.2) is 30.1 Å². The zero-order valence-electron chi connectivity index (χ0n) is 14.0. The maximum absolute atomic E-state index is 13.1. The first-order valence-electron chi connectivity index (χ1n) is 7.81. The van der Waals surface area contributed by atoms with E-state index in [4.69, 9.17) is 4.74 Å². The van der Waals surface area contributed by atoms with Crippen molar-refractivity contribution in [3.8, 4) is 5.88 Å². The summed E-state index contributed by atoms with van der Waals surface area (Å²) in [5.74, 6) is -1.70. The number of ether oxygens (including phenoxy) is 1. The minimum Gasteiger partial charge on any atom is -0.468 e. The van der Waals surface area contributed by atoms with E-state index in [1.165, 1.54) is 12.3 Å². The van der Waals surface area contributed by atoms with Gasteiger partial charge in [0.2, 0.25) is 5.88 Å². The summed E-state index contributed by atoms with van der Waals surface area (Å²) in [6.07, 6.45) is 1.39. The van der Waals surface area contributed by atoms with E-state index >= 15 is 0 Å². The first-order chi connectivity index (χ1) is 12.5. The molecule has 0 radical (unpaired) electrons. The Hall–Kier alpha value is -3.23. The standard InChI is InChI=1S/C17H18F2N4O3/c1-2-20-17(25)23-14-3-4-16(22-9-14)26-10-15(24)21-8-11-5-12(18)7-13(19)6-11/h3-7,9H,2,8,10H2,1H3,(H,21,24)(H2,20,23,25). The van der Waals surface area contributed by atoms with Crippen molar-refractivity contribution in [3.05, 3.63) is 53.7 Å². The lowest BCUT2D eigenvalue weighted by atomic mass is 10.2. The molecule has 138 valence electrons. The van der Waals surface area contributed by atoms with Crippen LogP contribution in [0.2, 0.25) is 0 Å². The van der Waals surface area contributed by atoms with Crippen LogP contribution in [0.3, 0.4) is 0 Å². The maximum Gasteiger partial charge on any atom is 0.319 e. The second-order valence-corrected chi connectivity index (χ2v) is 5.21. The fraction of sp³-hybridized carbons (Fsp3) is 0.235. The summed E-state index contributed by atoms with van der Waals surface area (Å²) >= 11 is 0. The van der Waals surface area contributed by atoms with Crippen LogP contribution in [0.1, 0.15) is 12.5 Å². The summed E-state index contributed by atoms with van der Waals surface area (Å²) < 4.78 is 31.3. The van der Waals surface area contributed by atoms with E-state index in [1.54, 1.807) is 13.0 Å². The van der Waals surface area contributed by atoms with Crippen molar-refractivity contribution in [3.63, 3.8) is 0 Å². The number of aromatic nitrogens is 1. The van der Waals surface area contributed by atoms with E-state index in [0.717, 1.165) is 18.2 Å². The average Bonchev–Trinajstić information content (AvgIpc) is 2.59. The Bertz CT molecular complexity index is 749. The molecule has 1 heterocycles. The van der Waals surface area contributed by atoms with Crippen molar-refractivity contribution < 1.29 is 23.1 Å². The number of benzene rings is 1. The average molecular weight is 364 g/mol. The van der Waals surface area contributed by atoms with Crippen molar-refractivity contribution in [2.75, 3.05) is 18.5 Å². The number of anilines is 1. The molecule has 1 aromatic heterocycles. The van der Waals surface area contributed by atoms with E-state index in [-0.39, 0.29) is 25.1 Å². The first kappa shape index (κ1) is 19.1. The highest BCUT2D eigenvalue weighted by atomic mass is 19.1. The second kappa shape index (κ2) is 9.30. The van der Waals surface area contributed by atoms with Crippen molar-refractivity contribution in [2.45, 2.75) is 13.5 Å². The molecular formula is C17H18F2N4O3. The van der Waals surface area contributed by atoms with Gasteiger partial charge in [-0.2, -0.15) is 0 Å². The van der Waals surface area contributed by atoms with Crippen molar-refractivity contribution in [1.29, 1.82) is 0 Å². The number of amides is 3. The monoisotopic (exact) mass is 364 g/mol. The molecule has 0 aliphatic heterocycles. The summed E-state index contributed by atoms with van der Waals surface area (Å²) in [5.41, 5.74) is 0.774. The predicted molar refractivity (Wildman–Crippen MR) is 90.6 cm³/mol. The van der Waals surface area contributed by atoms with Gasteiger partial charge in [-0.15, -0.1) is 0 Å². The highest BCUT2D eigenvalue weighted by Crippen LogP contribution is 2.11. The minimum absolute atomic E-state index is 0.0281. The lowest BCUT2D eigenvalue weighted by Gasteiger charge is -2.08. The molecule has 3 amide bonds. The normalized spacial score (nSPS) is 10.1. The molecule has 0 spiro atoms. The number of rotatable bonds is 7. The molecule has 3 N–H and O–H groups in total. The van der Waals surface area contributed by atoms with Crippen LogP contribution in [-0.2, 0) is 11.3 Å². The smallest absolute Gasteiger partial charge is 0.319 e. The third-order valence-electron chi connectivity index (χ3n) is 3.09. The molecule has 0 unspecified atom stereocenters. The van der Waals surface area contributed by atoms with Gasteiger partial charge < -0.3 is 20.7 Å². The SMILES string of the molecule is CCNC(=O)Nc1ccc(OCC(=O)NCc2cc(F)cc(F)c2)nc1. The number of hydrogen-bond acceptors (Lipinski definition) is 4. The Morgan fingerprint density at radius 3 is 2.46 bits per heavy atom. The van der Waals surface area contributed by atoms with Gasteiger partial charge in [-0.25, -0.2) is 18.6 Å². The summed E-state index contributed by atoms with van der Waals surface area (Å²) in [6, 6.07) is 5.74. The van der Waals surface area contributed by atoms with E-state index in [9.17, 15) is 18.4 Å². The van der Waals surface area contributed by atoms with Crippen LogP contribution < -0.4 is 20.7 Å². The molecule has 26 heavy (non-hydrogen) atoms. The van der Waals surface area contributed by atoms with Gasteiger partial charge in [-0.3, -0.25) is 4.79 Å². The number of nitrogens with zero attached hydrogens (tertiary/aromatic N) is 1. The van der Waals surface area contributed by atoms with Gasteiger partial charge in [0, 0.05) is 25.2 Å².